The van der Waals surface area contributed by atoms with Crippen molar-refractivity contribution in [2.75, 3.05) is 10.2 Å². The second-order valence-electron chi connectivity index (χ2n) is 7.71. The van der Waals surface area contributed by atoms with Crippen molar-refractivity contribution in [2.24, 2.45) is 0 Å². The molecule has 11 heteroatoms. The molecule has 4 aromatic rings. The molecule has 2 aromatic heterocycles. The van der Waals surface area contributed by atoms with Crippen molar-refractivity contribution >= 4 is 50.2 Å². The average molecular weight is 496 g/mol. The van der Waals surface area contributed by atoms with Crippen LogP contribution in [-0.4, -0.2) is 27.7 Å². The van der Waals surface area contributed by atoms with Crippen LogP contribution in [0.2, 0.25) is 0 Å². The molecule has 1 aliphatic rings. The van der Waals surface area contributed by atoms with Crippen LogP contribution in [0.25, 0.3) is 21.6 Å². The summed E-state index contributed by atoms with van der Waals surface area (Å²) in [6.45, 7) is 0. The first-order valence-electron chi connectivity index (χ1n) is 10.4. The number of benzene rings is 2. The van der Waals surface area contributed by atoms with Gasteiger partial charge in [0.1, 0.15) is 0 Å². The number of thiazole rings is 1. The predicted molar refractivity (Wildman–Crippen MR) is 124 cm³/mol. The molecule has 1 saturated heterocycles. The summed E-state index contributed by atoms with van der Waals surface area (Å²) in [5, 5.41) is 2.47. The number of amides is 3. The number of carbonyl (C=O) groups is 3. The molecule has 176 valence electrons. The van der Waals surface area contributed by atoms with Crippen LogP contribution in [0.3, 0.4) is 0 Å². The SMILES string of the molecule is O=C(Nc1nc2nc(-c3ccccc3)cc(C(F)(F)F)c2s1)c1ccc(N2C(=O)CCC2=O)cc1. The number of pyridine rings is 1. The van der Waals surface area contributed by atoms with Crippen LogP contribution in [0, 0.1) is 0 Å². The number of imide groups is 1. The summed E-state index contributed by atoms with van der Waals surface area (Å²) in [6, 6.07) is 15.2. The van der Waals surface area contributed by atoms with Crippen molar-refractivity contribution in [3.8, 4) is 11.3 Å². The fourth-order valence-electron chi connectivity index (χ4n) is 3.73. The monoisotopic (exact) mass is 496 g/mol. The molecule has 0 atom stereocenters. The zero-order valence-corrected chi connectivity index (χ0v) is 18.6. The highest BCUT2D eigenvalue weighted by Crippen LogP contribution is 2.40. The Kier molecular flexibility index (Phi) is 5.56. The number of nitrogens with zero attached hydrogens (tertiary/aromatic N) is 3. The second kappa shape index (κ2) is 8.58. The molecule has 1 aliphatic heterocycles. The van der Waals surface area contributed by atoms with Gasteiger partial charge in [0.25, 0.3) is 5.91 Å². The third-order valence-electron chi connectivity index (χ3n) is 5.40. The van der Waals surface area contributed by atoms with Gasteiger partial charge in [-0.25, -0.2) is 4.98 Å². The normalized spacial score (nSPS) is 14.1. The molecule has 0 unspecified atom stereocenters. The van der Waals surface area contributed by atoms with E-state index in [1.165, 1.54) is 24.3 Å². The Labute approximate surface area is 200 Å². The number of nitrogens with one attached hydrogen (secondary N) is 1. The van der Waals surface area contributed by atoms with Gasteiger partial charge in [-0.2, -0.15) is 18.2 Å². The lowest BCUT2D eigenvalue weighted by molar-refractivity contribution is -0.136. The number of aromatic nitrogens is 2. The minimum atomic E-state index is -4.64. The zero-order valence-electron chi connectivity index (χ0n) is 17.8. The van der Waals surface area contributed by atoms with E-state index in [-0.39, 0.29) is 51.4 Å². The number of halogens is 3. The summed E-state index contributed by atoms with van der Waals surface area (Å²) < 4.78 is 41.2. The van der Waals surface area contributed by atoms with Crippen LogP contribution < -0.4 is 10.2 Å². The summed E-state index contributed by atoms with van der Waals surface area (Å²) in [5.41, 5.74) is 0.148. The highest BCUT2D eigenvalue weighted by atomic mass is 32.1. The maximum Gasteiger partial charge on any atom is 0.417 e. The number of hydrogen-bond donors (Lipinski definition) is 1. The van der Waals surface area contributed by atoms with Crippen LogP contribution in [0.5, 0.6) is 0 Å². The Morgan fingerprint density at radius 3 is 2.23 bits per heavy atom. The highest BCUT2D eigenvalue weighted by molar-refractivity contribution is 7.22. The fraction of sp³-hybridized carbons (Fsp3) is 0.125. The van der Waals surface area contributed by atoms with E-state index in [1.54, 1.807) is 30.3 Å². The summed E-state index contributed by atoms with van der Waals surface area (Å²) in [4.78, 5) is 45.9. The Hall–Kier alpha value is -4.12. The van der Waals surface area contributed by atoms with Crippen molar-refractivity contribution in [1.29, 1.82) is 0 Å². The maximum atomic E-state index is 13.8. The fourth-order valence-corrected chi connectivity index (χ4v) is 4.66. The van der Waals surface area contributed by atoms with Crippen LogP contribution in [0.4, 0.5) is 24.0 Å². The first-order chi connectivity index (χ1) is 16.7. The van der Waals surface area contributed by atoms with Gasteiger partial charge in [0.15, 0.2) is 10.8 Å². The maximum absolute atomic E-state index is 13.8. The molecule has 1 N–H and O–H groups in total. The van der Waals surface area contributed by atoms with E-state index < -0.39 is 17.6 Å². The van der Waals surface area contributed by atoms with E-state index in [0.717, 1.165) is 11.0 Å². The van der Waals surface area contributed by atoms with Gasteiger partial charge in [-0.3, -0.25) is 24.6 Å². The molecule has 3 amide bonds. The lowest BCUT2D eigenvalue weighted by Crippen LogP contribution is -2.28. The van der Waals surface area contributed by atoms with Crippen molar-refractivity contribution in [3.63, 3.8) is 0 Å². The summed E-state index contributed by atoms with van der Waals surface area (Å²) in [7, 11) is 0. The molecule has 1 fully saturated rings. The summed E-state index contributed by atoms with van der Waals surface area (Å²) in [5.74, 6) is -1.24. The third-order valence-corrected chi connectivity index (χ3v) is 6.39. The van der Waals surface area contributed by atoms with Gasteiger partial charge in [0, 0.05) is 24.0 Å². The van der Waals surface area contributed by atoms with Gasteiger partial charge in [-0.1, -0.05) is 41.7 Å². The van der Waals surface area contributed by atoms with Gasteiger partial charge >= 0.3 is 6.18 Å². The number of rotatable bonds is 4. The topological polar surface area (TPSA) is 92.3 Å². The average Bonchev–Trinajstić information content (AvgIpc) is 3.40. The Morgan fingerprint density at radius 1 is 0.943 bits per heavy atom. The van der Waals surface area contributed by atoms with E-state index in [0.29, 0.717) is 22.6 Å². The molecule has 0 radical (unpaired) electrons. The third kappa shape index (κ3) is 4.37. The van der Waals surface area contributed by atoms with Gasteiger partial charge in [-0.05, 0) is 30.3 Å². The number of carbonyl (C=O) groups excluding carboxylic acids is 3. The molecule has 0 spiro atoms. The van der Waals surface area contributed by atoms with Gasteiger partial charge < -0.3 is 0 Å². The Bertz CT molecular complexity index is 1450. The molecule has 0 saturated carbocycles. The molecule has 0 bridgehead atoms. The predicted octanol–water partition coefficient (Wildman–Crippen LogP) is 5.28. The van der Waals surface area contributed by atoms with Crippen LogP contribution >= 0.6 is 11.3 Å². The number of anilines is 2. The quantitative estimate of drug-likeness (QED) is 0.388. The summed E-state index contributed by atoms with van der Waals surface area (Å²) >= 11 is 0.679. The van der Waals surface area contributed by atoms with Crippen molar-refractivity contribution < 1.29 is 27.6 Å². The molecule has 35 heavy (non-hydrogen) atoms. The molecule has 2 aromatic carbocycles. The minimum Gasteiger partial charge on any atom is -0.298 e. The van der Waals surface area contributed by atoms with E-state index in [4.69, 9.17) is 0 Å². The van der Waals surface area contributed by atoms with E-state index >= 15 is 0 Å². The minimum absolute atomic E-state index is 0.0396. The number of fused-ring (bicyclic) bond motifs is 1. The lowest BCUT2D eigenvalue weighted by Gasteiger charge is -2.13. The first-order valence-corrected chi connectivity index (χ1v) is 11.2. The van der Waals surface area contributed by atoms with E-state index in [9.17, 15) is 27.6 Å². The molecule has 3 heterocycles. The van der Waals surface area contributed by atoms with Crippen molar-refractivity contribution in [2.45, 2.75) is 19.0 Å². The smallest absolute Gasteiger partial charge is 0.298 e. The van der Waals surface area contributed by atoms with Gasteiger partial charge in [0.05, 0.1) is 21.6 Å². The largest absolute Gasteiger partial charge is 0.417 e. The van der Waals surface area contributed by atoms with Crippen LogP contribution in [-0.2, 0) is 15.8 Å². The van der Waals surface area contributed by atoms with Crippen LogP contribution in [0.1, 0.15) is 28.8 Å². The van der Waals surface area contributed by atoms with Crippen molar-refractivity contribution in [3.05, 3.63) is 71.8 Å². The van der Waals surface area contributed by atoms with Gasteiger partial charge in [-0.15, -0.1) is 0 Å². The molecule has 0 aliphatic carbocycles. The van der Waals surface area contributed by atoms with Crippen molar-refractivity contribution in [1.82, 2.24) is 9.97 Å². The van der Waals surface area contributed by atoms with E-state index in [2.05, 4.69) is 15.3 Å². The molecular weight excluding hydrogens is 481 g/mol. The van der Waals surface area contributed by atoms with Gasteiger partial charge in [0.2, 0.25) is 11.8 Å². The zero-order chi connectivity index (χ0) is 24.7. The molecule has 7 nitrogen and oxygen atoms in total. The molecular formula is C24H15F3N4O3S. The van der Waals surface area contributed by atoms with Crippen LogP contribution in [0.15, 0.2) is 60.7 Å². The number of alkyl halides is 3. The number of hydrogen-bond acceptors (Lipinski definition) is 6. The Morgan fingerprint density at radius 2 is 1.60 bits per heavy atom. The standard InChI is InChI=1S/C24H15F3N4O3S/c25-24(26,27)16-12-17(13-4-2-1-3-5-13)28-21-20(16)35-23(29-21)30-22(34)14-6-8-15(9-7-14)31-18(32)10-11-19(31)33/h1-9,12H,10-11H2,(H,28,29,30,34). The summed E-state index contributed by atoms with van der Waals surface area (Å²) in [6.07, 6.45) is -4.37. The second-order valence-corrected chi connectivity index (χ2v) is 8.71. The molecule has 5 rings (SSSR count). The van der Waals surface area contributed by atoms with E-state index in [1.807, 2.05) is 0 Å². The lowest BCUT2D eigenvalue weighted by atomic mass is 10.1. The highest BCUT2D eigenvalue weighted by Gasteiger charge is 2.35. The first kappa shape index (κ1) is 22.7. The Balaban J connectivity index is 1.44.